The quantitative estimate of drug-likeness (QED) is 0.633. The van der Waals surface area contributed by atoms with Gasteiger partial charge in [0.2, 0.25) is 0 Å². The number of aryl methyl sites for hydroxylation is 2. The Balaban J connectivity index is 1.68. The van der Waals surface area contributed by atoms with Crippen LogP contribution in [0.2, 0.25) is 5.02 Å². The van der Waals surface area contributed by atoms with E-state index < -0.39 is 0 Å². The summed E-state index contributed by atoms with van der Waals surface area (Å²) in [4.78, 5) is 11.8. The lowest BCUT2D eigenvalue weighted by Gasteiger charge is -2.10. The molecule has 0 radical (unpaired) electrons. The van der Waals surface area contributed by atoms with Crippen LogP contribution in [0.3, 0.4) is 0 Å². The standard InChI is InChI=1S/C18H20BrClN2O2/c1-12-4-6-15(10-13(12)2)22-18(23)21-8-3-9-24-17-7-5-14(19)11-16(17)20/h4-7,10-11H,3,8-9H2,1-2H3,(H2,21,22,23). The number of carbonyl (C=O) groups excluding carboxylic acids is 1. The highest BCUT2D eigenvalue weighted by molar-refractivity contribution is 9.10. The van der Waals surface area contributed by atoms with Gasteiger partial charge in [-0.15, -0.1) is 0 Å². The number of rotatable bonds is 6. The monoisotopic (exact) mass is 410 g/mol. The molecule has 0 atom stereocenters. The van der Waals surface area contributed by atoms with Crippen molar-refractivity contribution in [2.24, 2.45) is 0 Å². The molecule has 0 bridgehead atoms. The minimum atomic E-state index is -0.222. The Morgan fingerprint density at radius 1 is 1.17 bits per heavy atom. The molecule has 0 aliphatic carbocycles. The molecule has 0 unspecified atom stereocenters. The number of hydrogen-bond donors (Lipinski definition) is 2. The number of hydrogen-bond acceptors (Lipinski definition) is 2. The molecule has 0 saturated heterocycles. The van der Waals surface area contributed by atoms with Crippen LogP contribution in [0.5, 0.6) is 5.75 Å². The maximum atomic E-state index is 11.8. The molecule has 6 heteroatoms. The molecule has 0 aliphatic rings. The SMILES string of the molecule is Cc1ccc(NC(=O)NCCCOc2ccc(Br)cc2Cl)cc1C. The number of carbonyl (C=O) groups is 1. The molecule has 0 saturated carbocycles. The molecule has 2 rings (SSSR count). The van der Waals surface area contributed by atoms with Crippen molar-refractivity contribution >= 4 is 39.2 Å². The summed E-state index contributed by atoms with van der Waals surface area (Å²) >= 11 is 9.42. The maximum Gasteiger partial charge on any atom is 0.319 e. The molecule has 0 aliphatic heterocycles. The normalized spacial score (nSPS) is 10.3. The second-order valence-electron chi connectivity index (χ2n) is 5.46. The first-order chi connectivity index (χ1) is 11.5. The lowest BCUT2D eigenvalue weighted by atomic mass is 10.1. The number of urea groups is 1. The summed E-state index contributed by atoms with van der Waals surface area (Å²) in [6, 6.07) is 11.1. The van der Waals surface area contributed by atoms with E-state index in [9.17, 15) is 4.79 Å². The van der Waals surface area contributed by atoms with Gasteiger partial charge in [0.25, 0.3) is 0 Å². The summed E-state index contributed by atoms with van der Waals surface area (Å²) in [5.74, 6) is 0.638. The van der Waals surface area contributed by atoms with E-state index >= 15 is 0 Å². The Morgan fingerprint density at radius 2 is 1.96 bits per heavy atom. The van der Waals surface area contributed by atoms with Gasteiger partial charge in [0, 0.05) is 16.7 Å². The molecule has 0 heterocycles. The Hall–Kier alpha value is -1.72. The summed E-state index contributed by atoms with van der Waals surface area (Å²) in [6.07, 6.45) is 0.687. The largest absolute Gasteiger partial charge is 0.492 e. The Bertz CT molecular complexity index is 722. The summed E-state index contributed by atoms with van der Waals surface area (Å²) in [5, 5.41) is 6.18. The molecule has 4 nitrogen and oxygen atoms in total. The number of halogens is 2. The van der Waals surface area contributed by atoms with Crippen molar-refractivity contribution in [3.05, 3.63) is 57.0 Å². The van der Waals surface area contributed by atoms with Crippen molar-refractivity contribution in [2.45, 2.75) is 20.3 Å². The molecular formula is C18H20BrClN2O2. The highest BCUT2D eigenvalue weighted by Gasteiger charge is 2.04. The van der Waals surface area contributed by atoms with Gasteiger partial charge in [-0.25, -0.2) is 4.79 Å². The average Bonchev–Trinajstić information content (AvgIpc) is 2.52. The van der Waals surface area contributed by atoms with Crippen LogP contribution in [0, 0.1) is 13.8 Å². The van der Waals surface area contributed by atoms with Crippen LogP contribution in [-0.4, -0.2) is 19.2 Å². The van der Waals surface area contributed by atoms with E-state index in [0.717, 1.165) is 15.7 Å². The summed E-state index contributed by atoms with van der Waals surface area (Å²) in [7, 11) is 0. The number of benzene rings is 2. The smallest absolute Gasteiger partial charge is 0.319 e. The molecule has 2 amide bonds. The first-order valence-corrected chi connectivity index (χ1v) is 8.83. The number of anilines is 1. The number of amides is 2. The molecule has 0 fully saturated rings. The van der Waals surface area contributed by atoms with Crippen molar-refractivity contribution in [1.82, 2.24) is 5.32 Å². The van der Waals surface area contributed by atoms with Gasteiger partial charge in [-0.2, -0.15) is 0 Å². The fourth-order valence-electron chi connectivity index (χ4n) is 2.04. The van der Waals surface area contributed by atoms with Crippen LogP contribution in [0.15, 0.2) is 40.9 Å². The predicted molar refractivity (Wildman–Crippen MR) is 102 cm³/mol. The van der Waals surface area contributed by atoms with E-state index in [4.69, 9.17) is 16.3 Å². The highest BCUT2D eigenvalue weighted by atomic mass is 79.9. The van der Waals surface area contributed by atoms with Crippen LogP contribution in [0.4, 0.5) is 10.5 Å². The van der Waals surface area contributed by atoms with Gasteiger partial charge in [-0.3, -0.25) is 0 Å². The molecule has 2 N–H and O–H groups in total. The van der Waals surface area contributed by atoms with Gasteiger partial charge in [0.15, 0.2) is 0 Å². The molecule has 2 aromatic carbocycles. The zero-order valence-corrected chi connectivity index (χ0v) is 16.0. The van der Waals surface area contributed by atoms with Crippen molar-refractivity contribution in [1.29, 1.82) is 0 Å². The predicted octanol–water partition coefficient (Wildman–Crippen LogP) is 5.31. The first-order valence-electron chi connectivity index (χ1n) is 7.65. The van der Waals surface area contributed by atoms with Crippen molar-refractivity contribution in [3.8, 4) is 5.75 Å². The summed E-state index contributed by atoms with van der Waals surface area (Å²) in [6.45, 7) is 5.05. The van der Waals surface area contributed by atoms with Crippen LogP contribution in [0.25, 0.3) is 0 Å². The van der Waals surface area contributed by atoms with Crippen molar-refractivity contribution < 1.29 is 9.53 Å². The fraction of sp³-hybridized carbons (Fsp3) is 0.278. The third-order valence-electron chi connectivity index (χ3n) is 3.52. The van der Waals surface area contributed by atoms with Gasteiger partial charge in [0.1, 0.15) is 5.75 Å². The van der Waals surface area contributed by atoms with Gasteiger partial charge < -0.3 is 15.4 Å². The minimum Gasteiger partial charge on any atom is -0.492 e. The third kappa shape index (κ3) is 5.73. The zero-order valence-electron chi connectivity index (χ0n) is 13.7. The highest BCUT2D eigenvalue weighted by Crippen LogP contribution is 2.27. The van der Waals surface area contributed by atoms with Gasteiger partial charge in [0.05, 0.1) is 11.6 Å². The Labute approximate surface area is 155 Å². The Morgan fingerprint density at radius 3 is 2.67 bits per heavy atom. The van der Waals surface area contributed by atoms with Crippen LogP contribution in [0.1, 0.15) is 17.5 Å². The number of ether oxygens (including phenoxy) is 1. The van der Waals surface area contributed by atoms with E-state index in [1.165, 1.54) is 5.56 Å². The van der Waals surface area contributed by atoms with E-state index in [1.54, 1.807) is 6.07 Å². The Kier molecular flexibility index (Phi) is 6.94. The molecule has 2 aromatic rings. The van der Waals surface area contributed by atoms with Gasteiger partial charge in [-0.05, 0) is 61.7 Å². The topological polar surface area (TPSA) is 50.4 Å². The van der Waals surface area contributed by atoms with Gasteiger partial charge >= 0.3 is 6.03 Å². The average molecular weight is 412 g/mol. The van der Waals surface area contributed by atoms with E-state index in [0.29, 0.717) is 30.3 Å². The van der Waals surface area contributed by atoms with Crippen LogP contribution < -0.4 is 15.4 Å². The van der Waals surface area contributed by atoms with E-state index in [1.807, 2.05) is 44.2 Å². The van der Waals surface area contributed by atoms with E-state index in [-0.39, 0.29) is 6.03 Å². The third-order valence-corrected chi connectivity index (χ3v) is 4.31. The van der Waals surface area contributed by atoms with Crippen molar-refractivity contribution in [2.75, 3.05) is 18.5 Å². The molecular weight excluding hydrogens is 392 g/mol. The summed E-state index contributed by atoms with van der Waals surface area (Å²) in [5.41, 5.74) is 3.13. The first kappa shape index (κ1) is 18.6. The second kappa shape index (κ2) is 8.94. The van der Waals surface area contributed by atoms with Crippen LogP contribution >= 0.6 is 27.5 Å². The lowest BCUT2D eigenvalue weighted by Crippen LogP contribution is -2.30. The van der Waals surface area contributed by atoms with E-state index in [2.05, 4.69) is 26.6 Å². The van der Waals surface area contributed by atoms with Gasteiger partial charge in [-0.1, -0.05) is 33.6 Å². The maximum absolute atomic E-state index is 11.8. The van der Waals surface area contributed by atoms with Crippen molar-refractivity contribution in [3.63, 3.8) is 0 Å². The molecule has 0 spiro atoms. The molecule has 128 valence electrons. The fourth-order valence-corrected chi connectivity index (χ4v) is 2.77. The lowest BCUT2D eigenvalue weighted by molar-refractivity contribution is 0.250. The molecule has 24 heavy (non-hydrogen) atoms. The minimum absolute atomic E-state index is 0.222. The zero-order chi connectivity index (χ0) is 17.5. The summed E-state index contributed by atoms with van der Waals surface area (Å²) < 4.78 is 6.50. The molecule has 0 aromatic heterocycles. The van der Waals surface area contributed by atoms with Crippen LogP contribution in [-0.2, 0) is 0 Å². The number of nitrogens with one attached hydrogen (secondary N) is 2. The second-order valence-corrected chi connectivity index (χ2v) is 6.78.